The number of hydrogen-bond acceptors (Lipinski definition) is 4. The van der Waals surface area contributed by atoms with Gasteiger partial charge in [-0.2, -0.15) is 4.98 Å². The number of hydrogen-bond donors (Lipinski definition) is 2. The molecule has 1 aliphatic carbocycles. The molecule has 0 unspecified atom stereocenters. The van der Waals surface area contributed by atoms with Crippen molar-refractivity contribution in [2.24, 2.45) is 4.99 Å². The lowest BCUT2D eigenvalue weighted by Crippen LogP contribution is -2.38. The predicted molar refractivity (Wildman–Crippen MR) is 92.5 cm³/mol. The van der Waals surface area contributed by atoms with E-state index in [-0.39, 0.29) is 0 Å². The first-order valence-corrected chi connectivity index (χ1v) is 8.77. The van der Waals surface area contributed by atoms with E-state index < -0.39 is 0 Å². The summed E-state index contributed by atoms with van der Waals surface area (Å²) in [7, 11) is 0. The molecule has 0 aromatic carbocycles. The van der Waals surface area contributed by atoms with Gasteiger partial charge in [-0.25, -0.2) is 0 Å². The summed E-state index contributed by atoms with van der Waals surface area (Å²) in [5.74, 6) is 2.28. The molecule has 0 spiro atoms. The summed E-state index contributed by atoms with van der Waals surface area (Å²) in [6.45, 7) is 6.49. The zero-order valence-corrected chi connectivity index (χ0v) is 14.4. The lowest BCUT2D eigenvalue weighted by molar-refractivity contribution is 0.372. The molecule has 1 aliphatic rings. The highest BCUT2D eigenvalue weighted by Gasteiger charge is 2.05. The molecule has 0 saturated carbocycles. The average Bonchev–Trinajstić information content (AvgIpc) is 2.98. The Labute approximate surface area is 138 Å². The highest BCUT2D eigenvalue weighted by Crippen LogP contribution is 2.19. The second-order valence-electron chi connectivity index (χ2n) is 5.88. The predicted octanol–water partition coefficient (Wildman–Crippen LogP) is 2.76. The van der Waals surface area contributed by atoms with Crippen molar-refractivity contribution in [1.29, 1.82) is 0 Å². The third-order valence-corrected chi connectivity index (χ3v) is 3.86. The van der Waals surface area contributed by atoms with Crippen LogP contribution in [0.4, 0.5) is 0 Å². The molecule has 2 rings (SSSR count). The molecule has 128 valence electrons. The van der Waals surface area contributed by atoms with Crippen LogP contribution in [0.25, 0.3) is 0 Å². The zero-order valence-electron chi connectivity index (χ0n) is 14.4. The number of aryl methyl sites for hydroxylation is 2. The number of aliphatic imine (C=N–C) groups is 1. The van der Waals surface area contributed by atoms with Crippen LogP contribution in [0.2, 0.25) is 0 Å². The minimum atomic E-state index is 0.690. The first kappa shape index (κ1) is 17.5. The van der Waals surface area contributed by atoms with Gasteiger partial charge in [0.2, 0.25) is 5.89 Å². The number of aromatic nitrogens is 2. The van der Waals surface area contributed by atoms with Gasteiger partial charge in [0.25, 0.3) is 0 Å². The number of rotatable bonds is 8. The first-order valence-electron chi connectivity index (χ1n) is 8.77. The zero-order chi connectivity index (χ0) is 16.3. The second-order valence-corrected chi connectivity index (χ2v) is 5.88. The van der Waals surface area contributed by atoms with Crippen LogP contribution in [0.3, 0.4) is 0 Å². The van der Waals surface area contributed by atoms with Gasteiger partial charge in [-0.05, 0) is 52.4 Å². The minimum Gasteiger partial charge on any atom is -0.357 e. The van der Waals surface area contributed by atoms with Crippen molar-refractivity contribution in [2.45, 2.75) is 58.8 Å². The van der Waals surface area contributed by atoms with Gasteiger partial charge in [-0.1, -0.05) is 16.8 Å². The van der Waals surface area contributed by atoms with Crippen LogP contribution >= 0.6 is 0 Å². The van der Waals surface area contributed by atoms with E-state index in [0.717, 1.165) is 44.9 Å². The molecule has 1 heterocycles. The Kier molecular flexibility index (Phi) is 7.63. The van der Waals surface area contributed by atoms with Crippen molar-refractivity contribution in [3.05, 3.63) is 23.4 Å². The quantitative estimate of drug-likeness (QED) is 0.333. The number of nitrogens with one attached hydrogen (secondary N) is 2. The van der Waals surface area contributed by atoms with E-state index in [2.05, 4.69) is 38.8 Å². The molecule has 2 N–H and O–H groups in total. The number of nitrogens with zero attached hydrogens (tertiary/aromatic N) is 3. The summed E-state index contributed by atoms with van der Waals surface area (Å²) in [6.07, 6.45) is 10.4. The Morgan fingerprint density at radius 1 is 1.30 bits per heavy atom. The van der Waals surface area contributed by atoms with Crippen LogP contribution in [-0.4, -0.2) is 35.7 Å². The molecule has 0 radical (unpaired) electrons. The summed E-state index contributed by atoms with van der Waals surface area (Å²) in [5.41, 5.74) is 1.59. The van der Waals surface area contributed by atoms with Crippen molar-refractivity contribution in [1.82, 2.24) is 20.8 Å². The smallest absolute Gasteiger partial charge is 0.226 e. The maximum Gasteiger partial charge on any atom is 0.226 e. The molecule has 0 bridgehead atoms. The highest BCUT2D eigenvalue weighted by molar-refractivity contribution is 5.79. The SMILES string of the molecule is CCNC(=NCCCc1nc(C)no1)NCCC1=CCCCC1. The monoisotopic (exact) mass is 319 g/mol. The fourth-order valence-electron chi connectivity index (χ4n) is 2.68. The van der Waals surface area contributed by atoms with Crippen LogP contribution < -0.4 is 10.6 Å². The Balaban J connectivity index is 1.67. The van der Waals surface area contributed by atoms with E-state index in [9.17, 15) is 0 Å². The van der Waals surface area contributed by atoms with Gasteiger partial charge in [-0.15, -0.1) is 0 Å². The Bertz CT molecular complexity index is 521. The van der Waals surface area contributed by atoms with Crippen molar-refractivity contribution in [3.63, 3.8) is 0 Å². The van der Waals surface area contributed by atoms with E-state index in [1.807, 2.05) is 6.92 Å². The maximum absolute atomic E-state index is 5.10. The molecule has 1 aromatic heterocycles. The van der Waals surface area contributed by atoms with Gasteiger partial charge in [0.15, 0.2) is 11.8 Å². The van der Waals surface area contributed by atoms with Gasteiger partial charge in [0.1, 0.15) is 0 Å². The lowest BCUT2D eigenvalue weighted by atomic mass is 9.97. The van der Waals surface area contributed by atoms with Gasteiger partial charge in [0, 0.05) is 26.1 Å². The van der Waals surface area contributed by atoms with Crippen molar-refractivity contribution in [2.75, 3.05) is 19.6 Å². The Morgan fingerprint density at radius 2 is 2.22 bits per heavy atom. The molecular formula is C17H29N5O. The molecule has 6 heteroatoms. The van der Waals surface area contributed by atoms with Gasteiger partial charge in [0.05, 0.1) is 0 Å². The molecule has 6 nitrogen and oxygen atoms in total. The molecular weight excluding hydrogens is 290 g/mol. The van der Waals surface area contributed by atoms with Crippen molar-refractivity contribution in [3.8, 4) is 0 Å². The molecule has 0 amide bonds. The van der Waals surface area contributed by atoms with Crippen LogP contribution in [0, 0.1) is 6.92 Å². The minimum absolute atomic E-state index is 0.690. The first-order chi connectivity index (χ1) is 11.3. The van der Waals surface area contributed by atoms with E-state index in [0.29, 0.717) is 11.7 Å². The molecule has 0 atom stereocenters. The van der Waals surface area contributed by atoms with Crippen molar-refractivity contribution >= 4 is 5.96 Å². The summed E-state index contributed by atoms with van der Waals surface area (Å²) >= 11 is 0. The summed E-state index contributed by atoms with van der Waals surface area (Å²) < 4.78 is 5.10. The summed E-state index contributed by atoms with van der Waals surface area (Å²) in [5, 5.41) is 10.5. The largest absolute Gasteiger partial charge is 0.357 e. The van der Waals surface area contributed by atoms with E-state index in [1.165, 1.54) is 25.7 Å². The average molecular weight is 319 g/mol. The molecule has 1 aromatic rings. The third kappa shape index (κ3) is 6.84. The standard InChI is InChI=1S/C17H29N5O/c1-3-18-17(20-13-11-15-8-5-4-6-9-15)19-12-7-10-16-21-14(2)22-23-16/h8H,3-7,9-13H2,1-2H3,(H2,18,19,20). The van der Waals surface area contributed by atoms with E-state index in [4.69, 9.17) is 4.52 Å². The van der Waals surface area contributed by atoms with Gasteiger partial charge in [-0.3, -0.25) is 4.99 Å². The van der Waals surface area contributed by atoms with Crippen LogP contribution in [0.1, 0.15) is 57.2 Å². The number of guanidine groups is 1. The second kappa shape index (κ2) is 10.0. The molecule has 0 saturated heterocycles. The number of allylic oxidation sites excluding steroid dienone is 1. The van der Waals surface area contributed by atoms with Crippen molar-refractivity contribution < 1.29 is 4.52 Å². The molecule has 23 heavy (non-hydrogen) atoms. The van der Waals surface area contributed by atoms with Crippen LogP contribution in [-0.2, 0) is 6.42 Å². The van der Waals surface area contributed by atoms with Gasteiger partial charge < -0.3 is 15.2 Å². The maximum atomic E-state index is 5.10. The van der Waals surface area contributed by atoms with E-state index in [1.54, 1.807) is 5.57 Å². The fourth-order valence-corrected chi connectivity index (χ4v) is 2.68. The van der Waals surface area contributed by atoms with Crippen LogP contribution in [0.15, 0.2) is 21.2 Å². The Morgan fingerprint density at radius 3 is 2.91 bits per heavy atom. The normalized spacial score (nSPS) is 15.4. The molecule has 0 aliphatic heterocycles. The van der Waals surface area contributed by atoms with E-state index >= 15 is 0 Å². The third-order valence-electron chi connectivity index (χ3n) is 3.86. The lowest BCUT2D eigenvalue weighted by Gasteiger charge is -2.15. The highest BCUT2D eigenvalue weighted by atomic mass is 16.5. The van der Waals surface area contributed by atoms with Gasteiger partial charge >= 0.3 is 0 Å². The molecule has 0 fully saturated rings. The Hall–Kier alpha value is -1.85. The van der Waals surface area contributed by atoms with Crippen LogP contribution in [0.5, 0.6) is 0 Å². The topological polar surface area (TPSA) is 75.3 Å². The summed E-state index contributed by atoms with van der Waals surface area (Å²) in [4.78, 5) is 8.80. The fraction of sp³-hybridized carbons (Fsp3) is 0.706. The summed E-state index contributed by atoms with van der Waals surface area (Å²) in [6, 6.07) is 0.